The van der Waals surface area contributed by atoms with Crippen LogP contribution in [0.2, 0.25) is 0 Å². The molecule has 1 unspecified atom stereocenters. The molecular weight excluding hydrogens is 837 g/mol. The molecule has 2 heterocycles. The third-order valence-electron chi connectivity index (χ3n) is 11.8. The number of unbranched alkanes of at least 4 members (excludes halogenated alkanes) is 6. The molecule has 9 nitrogen and oxygen atoms in total. The molecule has 5 aromatic rings. The number of ether oxygens (including phenoxy) is 5. The van der Waals surface area contributed by atoms with E-state index in [0.717, 1.165) is 105 Å². The lowest BCUT2D eigenvalue weighted by Gasteiger charge is -2.21. The highest BCUT2D eigenvalue weighted by Gasteiger charge is 2.24. The van der Waals surface area contributed by atoms with Gasteiger partial charge >= 0.3 is 11.9 Å². The van der Waals surface area contributed by atoms with Crippen molar-refractivity contribution in [2.75, 3.05) is 39.6 Å². The molecule has 0 fully saturated rings. The van der Waals surface area contributed by atoms with Crippen LogP contribution in [0.1, 0.15) is 127 Å². The van der Waals surface area contributed by atoms with Gasteiger partial charge in [-0.2, -0.15) is 0 Å². The summed E-state index contributed by atoms with van der Waals surface area (Å²) in [5.74, 6) is 1.15. The van der Waals surface area contributed by atoms with Gasteiger partial charge in [-0.1, -0.05) is 93.4 Å². The maximum atomic E-state index is 12.4. The fourth-order valence-corrected chi connectivity index (χ4v) is 7.69. The Bertz CT molecular complexity index is 2220. The zero-order chi connectivity index (χ0) is 47.7. The molecule has 0 aliphatic heterocycles. The van der Waals surface area contributed by atoms with Crippen LogP contribution in [0, 0.1) is 5.41 Å². The van der Waals surface area contributed by atoms with E-state index in [2.05, 4.69) is 90.2 Å². The van der Waals surface area contributed by atoms with Gasteiger partial charge in [0.1, 0.15) is 11.5 Å². The Hall–Kier alpha value is -5.80. The Labute approximate surface area is 400 Å². The number of aromatic nitrogens is 2. The van der Waals surface area contributed by atoms with E-state index in [1.165, 1.54) is 35.1 Å². The summed E-state index contributed by atoms with van der Waals surface area (Å²) in [5.41, 5.74) is 8.93. The maximum absolute atomic E-state index is 12.4. The minimum absolute atomic E-state index is 0.0582. The minimum atomic E-state index is -0.560. The van der Waals surface area contributed by atoms with Crippen LogP contribution < -0.4 is 9.47 Å². The van der Waals surface area contributed by atoms with E-state index < -0.39 is 11.4 Å². The topological polar surface area (TPSA) is 106 Å². The van der Waals surface area contributed by atoms with Gasteiger partial charge in [-0.3, -0.25) is 14.8 Å². The van der Waals surface area contributed by atoms with E-state index in [9.17, 15) is 9.59 Å². The molecule has 67 heavy (non-hydrogen) atoms. The second-order valence-corrected chi connectivity index (χ2v) is 18.4. The Morgan fingerprint density at radius 1 is 0.627 bits per heavy atom. The van der Waals surface area contributed by atoms with Crippen LogP contribution in [0.5, 0.6) is 11.5 Å². The average molecular weight is 911 g/mol. The van der Waals surface area contributed by atoms with Gasteiger partial charge in [0, 0.05) is 18.4 Å². The number of carbonyl (C=O) groups excluding carboxylic acids is 2. The van der Waals surface area contributed by atoms with Crippen molar-refractivity contribution in [2.45, 2.75) is 124 Å². The third kappa shape index (κ3) is 18.8. The zero-order valence-corrected chi connectivity index (χ0v) is 40.9. The van der Waals surface area contributed by atoms with Crippen molar-refractivity contribution in [2.24, 2.45) is 5.41 Å². The number of pyridine rings is 2. The number of nitrogens with zero attached hydrogens (tertiary/aromatic N) is 2. The van der Waals surface area contributed by atoms with E-state index in [4.69, 9.17) is 23.7 Å². The van der Waals surface area contributed by atoms with Crippen molar-refractivity contribution >= 4 is 11.9 Å². The van der Waals surface area contributed by atoms with E-state index in [1.54, 1.807) is 19.3 Å². The summed E-state index contributed by atoms with van der Waals surface area (Å²) < 4.78 is 29.0. The molecule has 2 aromatic heterocycles. The van der Waals surface area contributed by atoms with E-state index in [0.29, 0.717) is 38.2 Å². The highest BCUT2D eigenvalue weighted by atomic mass is 16.5. The molecule has 358 valence electrons. The number of esters is 2. The number of hydrogen-bond donors (Lipinski definition) is 0. The summed E-state index contributed by atoms with van der Waals surface area (Å²) in [7, 11) is 0. The normalized spacial score (nSPS) is 11.8. The van der Waals surface area contributed by atoms with Crippen molar-refractivity contribution in [3.63, 3.8) is 0 Å². The van der Waals surface area contributed by atoms with E-state index in [1.807, 2.05) is 51.1 Å². The summed E-state index contributed by atoms with van der Waals surface area (Å²) in [4.78, 5) is 33.2. The quantitative estimate of drug-likeness (QED) is 0.0253. The Kier molecular flexibility index (Phi) is 22.1. The van der Waals surface area contributed by atoms with Gasteiger partial charge in [0.05, 0.1) is 56.0 Å². The third-order valence-corrected chi connectivity index (χ3v) is 11.8. The predicted molar refractivity (Wildman–Crippen MR) is 269 cm³/mol. The number of benzene rings is 3. The highest BCUT2D eigenvalue weighted by molar-refractivity contribution is 5.86. The van der Waals surface area contributed by atoms with Crippen LogP contribution in [0.3, 0.4) is 0 Å². The second-order valence-electron chi connectivity index (χ2n) is 18.4. The molecule has 0 N–H and O–H groups in total. The Morgan fingerprint density at radius 2 is 1.25 bits per heavy atom. The van der Waals surface area contributed by atoms with Gasteiger partial charge in [-0.15, -0.1) is 0 Å². The number of aryl methyl sites for hydroxylation is 2. The lowest BCUT2D eigenvalue weighted by atomic mass is 9.90. The molecule has 0 saturated heterocycles. The summed E-state index contributed by atoms with van der Waals surface area (Å²) in [6.45, 7) is 16.6. The van der Waals surface area contributed by atoms with Gasteiger partial charge in [0.25, 0.3) is 0 Å². The molecule has 0 spiro atoms. The largest absolute Gasteiger partial charge is 0.494 e. The molecule has 5 rings (SSSR count). The molecule has 0 aliphatic rings. The number of rotatable bonds is 30. The van der Waals surface area contributed by atoms with Crippen molar-refractivity contribution in [1.82, 2.24) is 9.97 Å². The highest BCUT2D eigenvalue weighted by Crippen LogP contribution is 2.32. The average Bonchev–Trinajstić information content (AvgIpc) is 3.34. The van der Waals surface area contributed by atoms with Crippen molar-refractivity contribution in [1.29, 1.82) is 0 Å². The van der Waals surface area contributed by atoms with E-state index >= 15 is 0 Å². The molecular formula is C58H74N2O7. The van der Waals surface area contributed by atoms with Gasteiger partial charge in [-0.25, -0.2) is 4.79 Å². The maximum Gasteiger partial charge on any atom is 0.333 e. The summed E-state index contributed by atoms with van der Waals surface area (Å²) in [5, 5.41) is 0. The molecule has 0 saturated carbocycles. The molecule has 0 radical (unpaired) electrons. The first kappa shape index (κ1) is 52.2. The lowest BCUT2D eigenvalue weighted by Crippen LogP contribution is -2.24. The monoisotopic (exact) mass is 911 g/mol. The first-order valence-electron chi connectivity index (χ1n) is 24.5. The number of carbonyl (C=O) groups is 2. The van der Waals surface area contributed by atoms with Crippen LogP contribution in [0.15, 0.2) is 122 Å². The van der Waals surface area contributed by atoms with Crippen LogP contribution >= 0.6 is 0 Å². The van der Waals surface area contributed by atoms with Crippen LogP contribution in [0.25, 0.3) is 22.5 Å². The Balaban J connectivity index is 0.915. The Morgan fingerprint density at radius 3 is 1.88 bits per heavy atom. The standard InChI is InChI=1S/C58H74N2O7/c1-7-47-42-51(28-30-53(47)50-26-24-48(25-27-50)49(33-40-66-56(61)44(2)3)34-41-67-57(62)58(4,5)6)64-37-16-9-8-12-18-45-20-22-46(23-21-45)32-39-63-36-15-10-11-17-38-65-52-29-31-55(60-43-52)54-19-13-14-35-59-54/h13-14,19-31,35,42-43,49H,2,7-12,15-18,32-34,36-41H2,1,3-6H3. The van der Waals surface area contributed by atoms with Gasteiger partial charge in [0.15, 0.2) is 0 Å². The molecule has 0 amide bonds. The van der Waals surface area contributed by atoms with Crippen molar-refractivity contribution in [3.8, 4) is 34.0 Å². The minimum Gasteiger partial charge on any atom is -0.494 e. The van der Waals surface area contributed by atoms with E-state index in [-0.39, 0.29) is 18.5 Å². The fraction of sp³-hybridized carbons (Fsp3) is 0.448. The molecule has 0 aliphatic carbocycles. The van der Waals surface area contributed by atoms with Gasteiger partial charge < -0.3 is 23.7 Å². The molecule has 3 aromatic carbocycles. The molecule has 9 heteroatoms. The molecule has 1 atom stereocenters. The van der Waals surface area contributed by atoms with Crippen LogP contribution in [0.4, 0.5) is 0 Å². The summed E-state index contributed by atoms with van der Waals surface area (Å²) >= 11 is 0. The SMILES string of the molecule is C=C(C)C(=O)OCCC(CCOC(=O)C(C)(C)C)c1ccc(-c2ccc(OCCCCCCc3ccc(CCOCCCCCCOc4ccc(-c5ccccn5)nc4)cc3)cc2CC)cc1. The summed E-state index contributed by atoms with van der Waals surface area (Å²) in [6, 6.07) is 33.8. The smallest absolute Gasteiger partial charge is 0.333 e. The second kappa shape index (κ2) is 28.4. The van der Waals surface area contributed by atoms with Crippen LogP contribution in [-0.4, -0.2) is 61.5 Å². The van der Waals surface area contributed by atoms with Gasteiger partial charge in [0.2, 0.25) is 0 Å². The van der Waals surface area contributed by atoms with Crippen LogP contribution in [-0.2, 0) is 43.1 Å². The fourth-order valence-electron chi connectivity index (χ4n) is 7.69. The predicted octanol–water partition coefficient (Wildman–Crippen LogP) is 13.3. The first-order chi connectivity index (χ1) is 32.5. The van der Waals surface area contributed by atoms with Crippen molar-refractivity contribution < 1.29 is 33.3 Å². The van der Waals surface area contributed by atoms with Gasteiger partial charge in [-0.05, 0) is 168 Å². The number of hydrogen-bond acceptors (Lipinski definition) is 9. The lowest BCUT2D eigenvalue weighted by molar-refractivity contribution is -0.153. The zero-order valence-electron chi connectivity index (χ0n) is 40.9. The first-order valence-corrected chi connectivity index (χ1v) is 24.5. The summed E-state index contributed by atoms with van der Waals surface area (Å²) in [6.07, 6.45) is 16.6. The molecule has 0 bridgehead atoms. The van der Waals surface area contributed by atoms with Crippen molar-refractivity contribution in [3.05, 3.63) is 144 Å².